The van der Waals surface area contributed by atoms with Crippen LogP contribution in [0.2, 0.25) is 5.02 Å². The fraction of sp³-hybridized carbons (Fsp3) is 0. The smallest absolute Gasteiger partial charge is 0.318 e. The minimum Gasteiger partial charge on any atom is -0.502 e. The van der Waals surface area contributed by atoms with Gasteiger partial charge in [-0.25, -0.2) is 4.98 Å². The van der Waals surface area contributed by atoms with Gasteiger partial charge in [0.25, 0.3) is 5.69 Å². The van der Waals surface area contributed by atoms with E-state index in [0.717, 1.165) is 12.3 Å². The van der Waals surface area contributed by atoms with Crippen molar-refractivity contribution in [3.05, 3.63) is 85.4 Å². The summed E-state index contributed by atoms with van der Waals surface area (Å²) in [5, 5.41) is 32.6. The molecule has 154 valence electrons. The highest BCUT2D eigenvalue weighted by Crippen LogP contribution is 2.34. The Labute approximate surface area is 178 Å². The summed E-state index contributed by atoms with van der Waals surface area (Å²) in [4.78, 5) is 28.9. The van der Waals surface area contributed by atoms with E-state index in [2.05, 4.69) is 9.98 Å². The third-order valence-corrected chi connectivity index (χ3v) is 4.56. The molecule has 4 rings (SSSR count). The zero-order chi connectivity index (χ0) is 22.1. The normalized spacial score (nSPS) is 11.3. The average molecular weight is 439 g/mol. The number of aromatic hydroxyl groups is 1. The zero-order valence-electron chi connectivity index (χ0n) is 15.4. The van der Waals surface area contributed by atoms with Gasteiger partial charge in [-0.1, -0.05) is 11.6 Å². The van der Waals surface area contributed by atoms with Crippen molar-refractivity contribution < 1.29 is 19.4 Å². The molecule has 0 unspecified atom stereocenters. The van der Waals surface area contributed by atoms with E-state index in [1.807, 2.05) is 0 Å². The predicted octanol–water partition coefficient (Wildman–Crippen LogP) is 5.42. The van der Waals surface area contributed by atoms with E-state index < -0.39 is 27.0 Å². The molecular formula is C20H11ClN4O6. The number of oxazole rings is 1. The first-order chi connectivity index (χ1) is 14.8. The lowest BCUT2D eigenvalue weighted by Gasteiger charge is -2.01. The number of non-ortho nitro benzene ring substituents is 1. The van der Waals surface area contributed by atoms with Gasteiger partial charge in [0.2, 0.25) is 11.6 Å². The van der Waals surface area contributed by atoms with Crippen LogP contribution in [0.3, 0.4) is 0 Å². The first-order valence-corrected chi connectivity index (χ1v) is 9.06. The Morgan fingerprint density at radius 3 is 2.45 bits per heavy atom. The molecule has 0 saturated heterocycles. The predicted molar refractivity (Wildman–Crippen MR) is 113 cm³/mol. The SMILES string of the molecule is O=[N+]([O-])c1cc(C=Nc2ccc(-c3nc4cc(Cl)ccc4o3)cc2)c(O)c([N+](=O)[O-])c1. The van der Waals surface area contributed by atoms with Crippen LogP contribution in [0.4, 0.5) is 17.1 Å². The van der Waals surface area contributed by atoms with Crippen molar-refractivity contribution in [3.63, 3.8) is 0 Å². The van der Waals surface area contributed by atoms with Crippen molar-refractivity contribution in [1.82, 2.24) is 4.98 Å². The quantitative estimate of drug-likeness (QED) is 0.248. The third-order valence-electron chi connectivity index (χ3n) is 4.33. The molecular weight excluding hydrogens is 428 g/mol. The number of nitro benzene ring substituents is 2. The van der Waals surface area contributed by atoms with Crippen molar-refractivity contribution in [3.8, 4) is 17.2 Å². The first kappa shape index (κ1) is 20.0. The molecule has 0 aliphatic carbocycles. The number of nitrogens with zero attached hydrogens (tertiary/aromatic N) is 4. The van der Waals surface area contributed by atoms with Crippen LogP contribution in [0, 0.1) is 20.2 Å². The maximum Gasteiger partial charge on any atom is 0.318 e. The summed E-state index contributed by atoms with van der Waals surface area (Å²) in [5.41, 5.74) is 0.869. The number of benzene rings is 3. The van der Waals surface area contributed by atoms with Gasteiger partial charge < -0.3 is 9.52 Å². The molecule has 1 aromatic heterocycles. The van der Waals surface area contributed by atoms with Crippen LogP contribution < -0.4 is 0 Å². The molecule has 4 aromatic rings. The maximum absolute atomic E-state index is 11.0. The molecule has 10 nitrogen and oxygen atoms in total. The van der Waals surface area contributed by atoms with Crippen molar-refractivity contribution >= 4 is 46.0 Å². The number of phenolic OH excluding ortho intramolecular Hbond substituents is 1. The summed E-state index contributed by atoms with van der Waals surface area (Å²) in [6, 6.07) is 13.5. The van der Waals surface area contributed by atoms with Gasteiger partial charge in [-0.3, -0.25) is 25.2 Å². The molecule has 0 spiro atoms. The highest BCUT2D eigenvalue weighted by Gasteiger charge is 2.23. The summed E-state index contributed by atoms with van der Waals surface area (Å²) in [7, 11) is 0. The minimum atomic E-state index is -0.901. The van der Waals surface area contributed by atoms with E-state index in [0.29, 0.717) is 39.3 Å². The maximum atomic E-state index is 11.0. The summed E-state index contributed by atoms with van der Waals surface area (Å²) in [6.45, 7) is 0. The van der Waals surface area contributed by atoms with Gasteiger partial charge in [0.15, 0.2) is 5.58 Å². The molecule has 11 heteroatoms. The van der Waals surface area contributed by atoms with Gasteiger partial charge in [-0.15, -0.1) is 0 Å². The standard InChI is InChI=1S/C20H11ClN4O6/c21-13-3-6-18-16(8-13)23-20(31-18)11-1-4-14(5-2-11)22-10-12-7-15(24(27)28)9-17(19(12)26)25(29)30/h1-10,26H. The molecule has 0 fully saturated rings. The van der Waals surface area contributed by atoms with Crippen LogP contribution in [0.15, 0.2) is 64.0 Å². The lowest BCUT2D eigenvalue weighted by atomic mass is 10.1. The minimum absolute atomic E-state index is 0.152. The molecule has 0 aliphatic heterocycles. The van der Waals surface area contributed by atoms with Crippen molar-refractivity contribution in [2.45, 2.75) is 0 Å². The number of phenols is 1. The molecule has 3 aromatic carbocycles. The van der Waals surface area contributed by atoms with E-state index in [4.69, 9.17) is 16.0 Å². The topological polar surface area (TPSA) is 145 Å². The fourth-order valence-corrected chi connectivity index (χ4v) is 2.99. The first-order valence-electron chi connectivity index (χ1n) is 8.68. The van der Waals surface area contributed by atoms with Crippen molar-refractivity contribution in [2.24, 2.45) is 4.99 Å². The largest absolute Gasteiger partial charge is 0.502 e. The van der Waals surface area contributed by atoms with Gasteiger partial charge >= 0.3 is 5.69 Å². The highest BCUT2D eigenvalue weighted by molar-refractivity contribution is 6.31. The molecule has 0 saturated carbocycles. The van der Waals surface area contributed by atoms with Gasteiger partial charge in [0.1, 0.15) is 5.52 Å². The Kier molecular flexibility index (Phi) is 5.05. The second-order valence-electron chi connectivity index (χ2n) is 6.35. The summed E-state index contributed by atoms with van der Waals surface area (Å²) in [6.07, 6.45) is 1.12. The fourth-order valence-electron chi connectivity index (χ4n) is 2.83. The second kappa shape index (κ2) is 7.84. The van der Waals surface area contributed by atoms with Gasteiger partial charge in [0.05, 0.1) is 21.6 Å². The van der Waals surface area contributed by atoms with E-state index in [-0.39, 0.29) is 5.56 Å². The number of rotatable bonds is 5. The molecule has 0 aliphatic rings. The average Bonchev–Trinajstić information content (AvgIpc) is 3.16. The number of fused-ring (bicyclic) bond motifs is 1. The van der Waals surface area contributed by atoms with Crippen LogP contribution >= 0.6 is 11.6 Å². The summed E-state index contributed by atoms with van der Waals surface area (Å²) in [5.74, 6) is -0.319. The van der Waals surface area contributed by atoms with Gasteiger partial charge in [-0.05, 0) is 42.5 Å². The number of aliphatic imine (C=N–C) groups is 1. The number of hydrogen-bond donors (Lipinski definition) is 1. The van der Waals surface area contributed by atoms with E-state index in [9.17, 15) is 25.3 Å². The number of nitro groups is 2. The lowest BCUT2D eigenvalue weighted by molar-refractivity contribution is -0.394. The molecule has 31 heavy (non-hydrogen) atoms. The Morgan fingerprint density at radius 1 is 1.03 bits per heavy atom. The molecule has 0 atom stereocenters. The molecule has 1 heterocycles. The third kappa shape index (κ3) is 4.05. The number of halogens is 1. The lowest BCUT2D eigenvalue weighted by Crippen LogP contribution is -1.96. The molecule has 1 N–H and O–H groups in total. The van der Waals surface area contributed by atoms with Crippen LogP contribution in [-0.4, -0.2) is 26.2 Å². The molecule has 0 amide bonds. The van der Waals surface area contributed by atoms with Crippen molar-refractivity contribution in [1.29, 1.82) is 0 Å². The van der Waals surface area contributed by atoms with E-state index in [1.165, 1.54) is 0 Å². The van der Waals surface area contributed by atoms with E-state index in [1.54, 1.807) is 42.5 Å². The summed E-state index contributed by atoms with van der Waals surface area (Å²) < 4.78 is 5.70. The Morgan fingerprint density at radius 2 is 1.77 bits per heavy atom. The Hall–Kier alpha value is -4.31. The Bertz CT molecular complexity index is 1360. The zero-order valence-corrected chi connectivity index (χ0v) is 16.2. The summed E-state index contributed by atoms with van der Waals surface area (Å²) >= 11 is 5.96. The van der Waals surface area contributed by atoms with Crippen LogP contribution in [0.1, 0.15) is 5.56 Å². The van der Waals surface area contributed by atoms with Gasteiger partial charge in [0, 0.05) is 28.4 Å². The van der Waals surface area contributed by atoms with Crippen LogP contribution in [0.5, 0.6) is 5.75 Å². The number of aromatic nitrogens is 1. The van der Waals surface area contributed by atoms with Gasteiger partial charge in [-0.2, -0.15) is 0 Å². The highest BCUT2D eigenvalue weighted by atomic mass is 35.5. The van der Waals surface area contributed by atoms with Crippen molar-refractivity contribution in [2.75, 3.05) is 0 Å². The van der Waals surface area contributed by atoms with E-state index >= 15 is 0 Å². The van der Waals surface area contributed by atoms with Crippen LogP contribution in [0.25, 0.3) is 22.6 Å². The molecule has 0 radical (unpaired) electrons. The monoisotopic (exact) mass is 438 g/mol. The second-order valence-corrected chi connectivity index (χ2v) is 6.79. The molecule has 0 bridgehead atoms. The Balaban J connectivity index is 1.63. The number of hydrogen-bond acceptors (Lipinski definition) is 8. The van der Waals surface area contributed by atoms with Crippen LogP contribution in [-0.2, 0) is 0 Å².